The molecule has 7 heteroatoms. The molecule has 0 N–H and O–H groups in total. The van der Waals surface area contributed by atoms with Crippen LogP contribution in [0.1, 0.15) is 48.9 Å². The van der Waals surface area contributed by atoms with E-state index >= 15 is 0 Å². The van der Waals surface area contributed by atoms with Crippen LogP contribution in [-0.4, -0.2) is 37.6 Å². The molecule has 2 aliphatic rings. The monoisotopic (exact) mass is 357 g/mol. The predicted molar refractivity (Wildman–Crippen MR) is 85.6 cm³/mol. The van der Waals surface area contributed by atoms with Gasteiger partial charge in [0.15, 0.2) is 0 Å². The molecule has 1 aromatic carbocycles. The van der Waals surface area contributed by atoms with E-state index in [1.54, 1.807) is 0 Å². The standard InChI is InChI=1S/C17H21F2NO3S/c18-17(19)24(22,23)14-9-7-13(8-10-14)16(21)20-11-3-5-12-4-1-2-6-15(12)20/h7-10,12,15,17H,1-6,11H2/t12-,15+/m1/s1. The van der Waals surface area contributed by atoms with E-state index in [0.29, 0.717) is 18.0 Å². The van der Waals surface area contributed by atoms with Crippen molar-refractivity contribution in [1.82, 2.24) is 4.90 Å². The second kappa shape index (κ2) is 6.78. The molecule has 0 radical (unpaired) electrons. The van der Waals surface area contributed by atoms with Gasteiger partial charge in [-0.1, -0.05) is 12.8 Å². The third-order valence-electron chi connectivity index (χ3n) is 5.17. The number of carbonyl (C=O) groups excluding carboxylic acids is 1. The second-order valence-electron chi connectivity index (χ2n) is 6.58. The average Bonchev–Trinajstić information content (AvgIpc) is 2.60. The third kappa shape index (κ3) is 3.18. The largest absolute Gasteiger partial charge is 0.341 e. The summed E-state index contributed by atoms with van der Waals surface area (Å²) in [6, 6.07) is 5.12. The Balaban J connectivity index is 1.80. The molecule has 0 spiro atoms. The molecular weight excluding hydrogens is 336 g/mol. The third-order valence-corrected chi connectivity index (χ3v) is 6.57. The summed E-state index contributed by atoms with van der Waals surface area (Å²) in [7, 11) is -4.62. The lowest BCUT2D eigenvalue weighted by atomic mass is 9.78. The van der Waals surface area contributed by atoms with Crippen LogP contribution in [0, 0.1) is 5.92 Å². The number of hydrogen-bond acceptors (Lipinski definition) is 3. The zero-order valence-corrected chi connectivity index (χ0v) is 14.1. The van der Waals surface area contributed by atoms with Gasteiger partial charge in [0.2, 0.25) is 9.84 Å². The first kappa shape index (κ1) is 17.3. The molecule has 1 amide bonds. The summed E-state index contributed by atoms with van der Waals surface area (Å²) in [5, 5.41) is 0. The summed E-state index contributed by atoms with van der Waals surface area (Å²) in [5.41, 5.74) is 0.356. The minimum absolute atomic E-state index is 0.132. The molecular formula is C17H21F2NO3S. The lowest BCUT2D eigenvalue weighted by molar-refractivity contribution is 0.0390. The predicted octanol–water partition coefficient (Wildman–Crippen LogP) is 3.48. The van der Waals surface area contributed by atoms with Crippen LogP contribution in [0.25, 0.3) is 0 Å². The molecule has 2 fully saturated rings. The minimum Gasteiger partial charge on any atom is -0.335 e. The summed E-state index contributed by atoms with van der Waals surface area (Å²) in [6.07, 6.45) is 6.62. The van der Waals surface area contributed by atoms with E-state index in [1.807, 2.05) is 4.90 Å². The number of likely N-dealkylation sites (tertiary alicyclic amines) is 1. The molecule has 1 saturated carbocycles. The lowest BCUT2D eigenvalue weighted by Crippen LogP contribution is -2.49. The second-order valence-corrected chi connectivity index (χ2v) is 8.50. The van der Waals surface area contributed by atoms with Crippen LogP contribution in [-0.2, 0) is 9.84 Å². The number of alkyl halides is 2. The minimum atomic E-state index is -4.62. The molecule has 1 saturated heterocycles. The first-order chi connectivity index (χ1) is 11.4. The maximum atomic E-state index is 12.8. The molecule has 24 heavy (non-hydrogen) atoms. The van der Waals surface area contributed by atoms with Gasteiger partial charge in [-0.15, -0.1) is 0 Å². The van der Waals surface area contributed by atoms with Crippen molar-refractivity contribution in [1.29, 1.82) is 0 Å². The molecule has 0 bridgehead atoms. The quantitative estimate of drug-likeness (QED) is 0.832. The normalized spacial score (nSPS) is 24.7. The maximum Gasteiger partial charge on any atom is 0.341 e. The fourth-order valence-electron chi connectivity index (χ4n) is 3.93. The highest BCUT2D eigenvalue weighted by atomic mass is 32.2. The van der Waals surface area contributed by atoms with Gasteiger partial charge in [0.05, 0.1) is 4.90 Å². The van der Waals surface area contributed by atoms with Crippen LogP contribution in [0.5, 0.6) is 0 Å². The van der Waals surface area contributed by atoms with Crippen LogP contribution in [0.3, 0.4) is 0 Å². The fourth-order valence-corrected chi connectivity index (χ4v) is 4.65. The van der Waals surface area contributed by atoms with E-state index in [-0.39, 0.29) is 11.9 Å². The number of carbonyl (C=O) groups is 1. The molecule has 3 rings (SSSR count). The molecule has 132 valence electrons. The Morgan fingerprint density at radius 2 is 1.67 bits per heavy atom. The Morgan fingerprint density at radius 1 is 1.04 bits per heavy atom. The van der Waals surface area contributed by atoms with Gasteiger partial charge in [0.25, 0.3) is 5.91 Å². The zero-order valence-electron chi connectivity index (χ0n) is 13.3. The average molecular weight is 357 g/mol. The van der Waals surface area contributed by atoms with Crippen LogP contribution in [0.2, 0.25) is 0 Å². The van der Waals surface area contributed by atoms with Gasteiger partial charge in [0, 0.05) is 18.2 Å². The van der Waals surface area contributed by atoms with Crippen molar-refractivity contribution in [2.24, 2.45) is 5.92 Å². The van der Waals surface area contributed by atoms with Gasteiger partial charge >= 0.3 is 5.76 Å². The van der Waals surface area contributed by atoms with E-state index in [4.69, 9.17) is 0 Å². The zero-order chi connectivity index (χ0) is 17.3. The van der Waals surface area contributed by atoms with Crippen molar-refractivity contribution < 1.29 is 22.0 Å². The van der Waals surface area contributed by atoms with Gasteiger partial charge in [-0.05, 0) is 55.9 Å². The van der Waals surface area contributed by atoms with Gasteiger partial charge in [-0.3, -0.25) is 4.79 Å². The number of piperidine rings is 1. The summed E-state index contributed by atoms with van der Waals surface area (Å²) >= 11 is 0. The van der Waals surface area contributed by atoms with Gasteiger partial charge in [-0.25, -0.2) is 8.42 Å². The van der Waals surface area contributed by atoms with Crippen molar-refractivity contribution in [3.8, 4) is 0 Å². The molecule has 1 aromatic rings. The number of sulfone groups is 1. The van der Waals surface area contributed by atoms with Gasteiger partial charge in [0.1, 0.15) is 0 Å². The highest BCUT2D eigenvalue weighted by Crippen LogP contribution is 2.36. The topological polar surface area (TPSA) is 54.5 Å². The Bertz CT molecular complexity index is 701. The Morgan fingerprint density at radius 3 is 2.33 bits per heavy atom. The number of benzene rings is 1. The molecule has 2 atom stereocenters. The Labute approximate surface area is 140 Å². The smallest absolute Gasteiger partial charge is 0.335 e. The number of hydrogen-bond donors (Lipinski definition) is 0. The highest BCUT2D eigenvalue weighted by molar-refractivity contribution is 7.91. The highest BCUT2D eigenvalue weighted by Gasteiger charge is 2.36. The summed E-state index contributed by atoms with van der Waals surface area (Å²) in [5.74, 6) is -3.04. The van der Waals surface area contributed by atoms with E-state index < -0.39 is 20.5 Å². The summed E-state index contributed by atoms with van der Waals surface area (Å²) < 4.78 is 48.1. The number of rotatable bonds is 3. The first-order valence-electron chi connectivity index (χ1n) is 8.34. The van der Waals surface area contributed by atoms with Crippen LogP contribution >= 0.6 is 0 Å². The van der Waals surface area contributed by atoms with Crippen molar-refractivity contribution >= 4 is 15.7 Å². The summed E-state index contributed by atoms with van der Waals surface area (Å²) in [6.45, 7) is 0.705. The Hall–Kier alpha value is -1.50. The van der Waals surface area contributed by atoms with Crippen molar-refractivity contribution in [2.45, 2.75) is 55.2 Å². The van der Waals surface area contributed by atoms with Crippen molar-refractivity contribution in [2.75, 3.05) is 6.54 Å². The number of halogens is 2. The SMILES string of the molecule is O=C(c1ccc(S(=O)(=O)C(F)F)cc1)N1CCC[C@H]2CCCC[C@@H]21. The van der Waals surface area contributed by atoms with Crippen LogP contribution in [0.4, 0.5) is 8.78 Å². The van der Waals surface area contributed by atoms with Gasteiger partial charge < -0.3 is 4.90 Å². The van der Waals surface area contributed by atoms with Crippen molar-refractivity contribution in [3.05, 3.63) is 29.8 Å². The molecule has 1 aliphatic carbocycles. The number of nitrogens with zero attached hydrogens (tertiary/aromatic N) is 1. The molecule has 4 nitrogen and oxygen atoms in total. The molecule has 0 aromatic heterocycles. The molecule has 0 unspecified atom stereocenters. The number of fused-ring (bicyclic) bond motifs is 1. The van der Waals surface area contributed by atoms with Crippen LogP contribution < -0.4 is 0 Å². The first-order valence-corrected chi connectivity index (χ1v) is 9.89. The fraction of sp³-hybridized carbons (Fsp3) is 0.588. The van der Waals surface area contributed by atoms with E-state index in [0.717, 1.165) is 44.2 Å². The lowest BCUT2D eigenvalue weighted by Gasteiger charge is -2.44. The van der Waals surface area contributed by atoms with E-state index in [1.165, 1.54) is 18.6 Å². The Kier molecular flexibility index (Phi) is 4.90. The number of amides is 1. The molecule has 1 aliphatic heterocycles. The summed E-state index contributed by atoms with van der Waals surface area (Å²) in [4.78, 5) is 14.2. The van der Waals surface area contributed by atoms with E-state index in [9.17, 15) is 22.0 Å². The molecule has 1 heterocycles. The van der Waals surface area contributed by atoms with Gasteiger partial charge in [-0.2, -0.15) is 8.78 Å². The van der Waals surface area contributed by atoms with Crippen molar-refractivity contribution in [3.63, 3.8) is 0 Å². The maximum absolute atomic E-state index is 12.8. The van der Waals surface area contributed by atoms with Crippen LogP contribution in [0.15, 0.2) is 29.2 Å². The van der Waals surface area contributed by atoms with E-state index in [2.05, 4.69) is 0 Å².